The predicted molar refractivity (Wildman–Crippen MR) is 88.4 cm³/mol. The molecule has 4 heteroatoms. The second-order valence-corrected chi connectivity index (χ2v) is 5.49. The third-order valence-electron chi connectivity index (χ3n) is 3.44. The summed E-state index contributed by atoms with van der Waals surface area (Å²) in [6.45, 7) is 3.88. The zero-order valence-corrected chi connectivity index (χ0v) is 12.9. The van der Waals surface area contributed by atoms with Crippen molar-refractivity contribution in [3.05, 3.63) is 64.5 Å². The number of nitrogens with zero attached hydrogens (tertiary/aromatic N) is 1. The molecule has 0 aliphatic rings. The van der Waals surface area contributed by atoms with Crippen molar-refractivity contribution in [3.8, 4) is 22.9 Å². The SMILES string of the molecule is CC(C)Oc1ccc2c(=O)c(-c3ccc(C#N)cc3)coc2c1. The third kappa shape index (κ3) is 2.95. The summed E-state index contributed by atoms with van der Waals surface area (Å²) in [5.41, 5.74) is 2.13. The Bertz CT molecular complexity index is 947. The van der Waals surface area contributed by atoms with Gasteiger partial charge in [0.25, 0.3) is 0 Å². The van der Waals surface area contributed by atoms with Crippen molar-refractivity contribution in [2.45, 2.75) is 20.0 Å². The van der Waals surface area contributed by atoms with Gasteiger partial charge in [0.2, 0.25) is 0 Å². The fourth-order valence-corrected chi connectivity index (χ4v) is 2.38. The highest BCUT2D eigenvalue weighted by molar-refractivity contribution is 5.82. The Morgan fingerprint density at radius 3 is 2.52 bits per heavy atom. The van der Waals surface area contributed by atoms with E-state index in [-0.39, 0.29) is 11.5 Å². The van der Waals surface area contributed by atoms with Crippen LogP contribution in [0.25, 0.3) is 22.1 Å². The second-order valence-electron chi connectivity index (χ2n) is 5.49. The number of rotatable bonds is 3. The summed E-state index contributed by atoms with van der Waals surface area (Å²) in [6, 6.07) is 14.1. The molecule has 3 aromatic rings. The minimum Gasteiger partial charge on any atom is -0.491 e. The van der Waals surface area contributed by atoms with Gasteiger partial charge in [-0.1, -0.05) is 12.1 Å². The lowest BCUT2D eigenvalue weighted by molar-refractivity contribution is 0.242. The van der Waals surface area contributed by atoms with E-state index in [1.807, 2.05) is 13.8 Å². The monoisotopic (exact) mass is 305 g/mol. The summed E-state index contributed by atoms with van der Waals surface area (Å²) in [6.07, 6.45) is 1.50. The van der Waals surface area contributed by atoms with Gasteiger partial charge in [-0.2, -0.15) is 5.26 Å². The topological polar surface area (TPSA) is 63.2 Å². The minimum absolute atomic E-state index is 0.0529. The van der Waals surface area contributed by atoms with Crippen LogP contribution in [-0.4, -0.2) is 6.10 Å². The van der Waals surface area contributed by atoms with Gasteiger partial charge in [0.15, 0.2) is 5.43 Å². The van der Waals surface area contributed by atoms with Gasteiger partial charge in [-0.15, -0.1) is 0 Å². The Morgan fingerprint density at radius 2 is 1.87 bits per heavy atom. The van der Waals surface area contributed by atoms with Crippen LogP contribution in [0.3, 0.4) is 0 Å². The van der Waals surface area contributed by atoms with Crippen molar-refractivity contribution in [1.29, 1.82) is 5.26 Å². The highest BCUT2D eigenvalue weighted by Crippen LogP contribution is 2.23. The molecule has 1 heterocycles. The highest BCUT2D eigenvalue weighted by atomic mass is 16.5. The standard InChI is InChI=1S/C19H15NO3/c1-12(2)23-15-7-8-16-18(9-15)22-11-17(19(16)21)14-5-3-13(10-20)4-6-14/h3-9,11-12H,1-2H3. The summed E-state index contributed by atoms with van der Waals surface area (Å²) >= 11 is 0. The van der Waals surface area contributed by atoms with Crippen molar-refractivity contribution < 1.29 is 9.15 Å². The normalized spacial score (nSPS) is 10.7. The predicted octanol–water partition coefficient (Wildman–Crippen LogP) is 4.12. The van der Waals surface area contributed by atoms with E-state index in [9.17, 15) is 4.79 Å². The number of benzene rings is 2. The number of ether oxygens (including phenoxy) is 1. The van der Waals surface area contributed by atoms with E-state index in [0.29, 0.717) is 27.8 Å². The van der Waals surface area contributed by atoms with Gasteiger partial charge in [-0.05, 0) is 43.7 Å². The molecule has 0 aliphatic carbocycles. The van der Waals surface area contributed by atoms with Crippen molar-refractivity contribution in [3.63, 3.8) is 0 Å². The number of fused-ring (bicyclic) bond motifs is 1. The van der Waals surface area contributed by atoms with Crippen molar-refractivity contribution in [2.24, 2.45) is 0 Å². The molecule has 114 valence electrons. The van der Waals surface area contributed by atoms with Gasteiger partial charge in [-0.3, -0.25) is 4.79 Å². The van der Waals surface area contributed by atoms with Gasteiger partial charge in [0, 0.05) is 6.07 Å². The fourth-order valence-electron chi connectivity index (χ4n) is 2.38. The zero-order chi connectivity index (χ0) is 16.4. The van der Waals surface area contributed by atoms with E-state index in [1.165, 1.54) is 6.26 Å². The van der Waals surface area contributed by atoms with Crippen LogP contribution in [0.5, 0.6) is 5.75 Å². The molecule has 0 fully saturated rings. The van der Waals surface area contributed by atoms with Gasteiger partial charge < -0.3 is 9.15 Å². The molecule has 0 N–H and O–H groups in total. The van der Waals surface area contributed by atoms with Crippen LogP contribution in [0.2, 0.25) is 0 Å². The van der Waals surface area contributed by atoms with E-state index < -0.39 is 0 Å². The smallest absolute Gasteiger partial charge is 0.200 e. The van der Waals surface area contributed by atoms with Crippen LogP contribution in [0.15, 0.2) is 57.9 Å². The molecule has 0 atom stereocenters. The van der Waals surface area contributed by atoms with E-state index in [4.69, 9.17) is 14.4 Å². The first-order valence-electron chi connectivity index (χ1n) is 7.31. The zero-order valence-electron chi connectivity index (χ0n) is 12.9. The van der Waals surface area contributed by atoms with E-state index in [2.05, 4.69) is 6.07 Å². The molecule has 2 aromatic carbocycles. The summed E-state index contributed by atoms with van der Waals surface area (Å²) in [5, 5.41) is 9.34. The second kappa shape index (κ2) is 5.98. The molecule has 0 radical (unpaired) electrons. The van der Waals surface area contributed by atoms with Crippen LogP contribution in [0, 0.1) is 11.3 Å². The Balaban J connectivity index is 2.08. The molecular formula is C19H15NO3. The maximum atomic E-state index is 12.7. The number of hydrogen-bond acceptors (Lipinski definition) is 4. The molecule has 1 aromatic heterocycles. The lowest BCUT2D eigenvalue weighted by Gasteiger charge is -2.10. The lowest BCUT2D eigenvalue weighted by Crippen LogP contribution is -2.07. The van der Waals surface area contributed by atoms with Crippen LogP contribution >= 0.6 is 0 Å². The van der Waals surface area contributed by atoms with Crippen LogP contribution in [0.1, 0.15) is 19.4 Å². The van der Waals surface area contributed by atoms with Crippen molar-refractivity contribution in [2.75, 3.05) is 0 Å². The quantitative estimate of drug-likeness (QED) is 0.730. The van der Waals surface area contributed by atoms with E-state index in [1.54, 1.807) is 42.5 Å². The highest BCUT2D eigenvalue weighted by Gasteiger charge is 2.10. The number of hydrogen-bond donors (Lipinski definition) is 0. The van der Waals surface area contributed by atoms with E-state index in [0.717, 1.165) is 5.56 Å². The van der Waals surface area contributed by atoms with Gasteiger partial charge in [0.05, 0.1) is 28.7 Å². The van der Waals surface area contributed by atoms with Crippen LogP contribution < -0.4 is 10.2 Å². The summed E-state index contributed by atoms with van der Waals surface area (Å²) < 4.78 is 11.2. The maximum Gasteiger partial charge on any atom is 0.200 e. The minimum atomic E-state index is -0.105. The Labute approximate surface area is 133 Å². The molecule has 0 aliphatic heterocycles. The summed E-state index contributed by atoms with van der Waals surface area (Å²) in [4.78, 5) is 12.7. The van der Waals surface area contributed by atoms with Gasteiger partial charge >= 0.3 is 0 Å². The first kappa shape index (κ1) is 14.9. The Kier molecular flexibility index (Phi) is 3.86. The first-order chi connectivity index (χ1) is 11.1. The molecule has 0 bridgehead atoms. The molecule has 0 spiro atoms. The molecule has 4 nitrogen and oxygen atoms in total. The van der Waals surface area contributed by atoms with Gasteiger partial charge in [0.1, 0.15) is 17.6 Å². The molecule has 0 saturated heterocycles. The summed E-state index contributed by atoms with van der Waals surface area (Å²) in [7, 11) is 0. The van der Waals surface area contributed by atoms with E-state index >= 15 is 0 Å². The third-order valence-corrected chi connectivity index (χ3v) is 3.44. The molecule has 23 heavy (non-hydrogen) atoms. The van der Waals surface area contributed by atoms with Gasteiger partial charge in [-0.25, -0.2) is 0 Å². The van der Waals surface area contributed by atoms with Crippen molar-refractivity contribution in [1.82, 2.24) is 0 Å². The van der Waals surface area contributed by atoms with Crippen molar-refractivity contribution >= 4 is 11.0 Å². The van der Waals surface area contributed by atoms with Crippen LogP contribution in [0.4, 0.5) is 0 Å². The average molecular weight is 305 g/mol. The lowest BCUT2D eigenvalue weighted by atomic mass is 10.0. The summed E-state index contributed by atoms with van der Waals surface area (Å²) in [5.74, 6) is 0.668. The van der Waals surface area contributed by atoms with Crippen LogP contribution in [-0.2, 0) is 0 Å². The molecule has 0 unspecified atom stereocenters. The maximum absolute atomic E-state index is 12.7. The first-order valence-corrected chi connectivity index (χ1v) is 7.31. The Morgan fingerprint density at radius 1 is 1.13 bits per heavy atom. The fraction of sp³-hybridized carbons (Fsp3) is 0.158. The molecular weight excluding hydrogens is 290 g/mol. The molecule has 0 saturated carbocycles. The molecule has 3 rings (SSSR count). The largest absolute Gasteiger partial charge is 0.491 e. The Hall–Kier alpha value is -3.06. The average Bonchev–Trinajstić information content (AvgIpc) is 2.55. The molecule has 0 amide bonds. The number of nitriles is 1.